The molecule has 2 fully saturated rings. The highest BCUT2D eigenvalue weighted by Crippen LogP contribution is 2.33. The first-order valence-electron chi connectivity index (χ1n) is 10.1. The standard InChI is InChI=1S/C20H31N3O5S/c1-4-21-10-12-22(13-11-21)20(24)16-6-5-9-23(15-16)29(25,26)19-14-17(27-2)7-8-18(19)28-3/h7-8,14,16H,4-6,9-13,15H2,1-3H3/t16-/m0/s1. The summed E-state index contributed by atoms with van der Waals surface area (Å²) in [7, 11) is -0.862. The largest absolute Gasteiger partial charge is 0.497 e. The highest BCUT2D eigenvalue weighted by molar-refractivity contribution is 7.89. The molecule has 2 heterocycles. The van der Waals surface area contributed by atoms with Crippen LogP contribution in [-0.4, -0.2) is 88.5 Å². The molecule has 9 heteroatoms. The molecular formula is C20H31N3O5S. The van der Waals surface area contributed by atoms with Crippen molar-refractivity contribution in [3.63, 3.8) is 0 Å². The maximum Gasteiger partial charge on any atom is 0.246 e. The quantitative estimate of drug-likeness (QED) is 0.683. The number of methoxy groups -OCH3 is 2. The van der Waals surface area contributed by atoms with E-state index in [0.29, 0.717) is 38.2 Å². The number of ether oxygens (including phenoxy) is 2. The van der Waals surface area contributed by atoms with E-state index >= 15 is 0 Å². The number of carbonyl (C=O) groups excluding carboxylic acids is 1. The van der Waals surface area contributed by atoms with Crippen molar-refractivity contribution in [2.45, 2.75) is 24.7 Å². The summed E-state index contributed by atoms with van der Waals surface area (Å²) in [6.07, 6.45) is 1.38. The minimum absolute atomic E-state index is 0.0678. The van der Waals surface area contributed by atoms with Gasteiger partial charge in [0, 0.05) is 45.3 Å². The second-order valence-corrected chi connectivity index (χ2v) is 9.38. The Bertz CT molecular complexity index is 821. The zero-order valence-electron chi connectivity index (χ0n) is 17.5. The monoisotopic (exact) mass is 425 g/mol. The molecule has 2 saturated heterocycles. The third-order valence-electron chi connectivity index (χ3n) is 5.85. The predicted octanol–water partition coefficient (Wildman–Crippen LogP) is 1.27. The molecule has 8 nitrogen and oxygen atoms in total. The molecule has 1 atom stereocenters. The van der Waals surface area contributed by atoms with E-state index in [4.69, 9.17) is 9.47 Å². The van der Waals surface area contributed by atoms with Crippen molar-refractivity contribution in [1.82, 2.24) is 14.1 Å². The van der Waals surface area contributed by atoms with Gasteiger partial charge in [-0.3, -0.25) is 4.79 Å². The maximum atomic E-state index is 13.3. The highest BCUT2D eigenvalue weighted by Gasteiger charge is 2.37. The number of amides is 1. The first kappa shape index (κ1) is 21.9. The van der Waals surface area contributed by atoms with E-state index in [2.05, 4.69) is 11.8 Å². The molecule has 0 spiro atoms. The number of sulfonamides is 1. The van der Waals surface area contributed by atoms with Gasteiger partial charge < -0.3 is 19.3 Å². The van der Waals surface area contributed by atoms with Gasteiger partial charge >= 0.3 is 0 Å². The molecule has 2 aliphatic heterocycles. The van der Waals surface area contributed by atoms with Crippen molar-refractivity contribution in [3.05, 3.63) is 18.2 Å². The lowest BCUT2D eigenvalue weighted by Gasteiger charge is -2.38. The Kier molecular flexibility index (Phi) is 7.02. The van der Waals surface area contributed by atoms with Gasteiger partial charge in [0.05, 0.1) is 20.1 Å². The summed E-state index contributed by atoms with van der Waals surface area (Å²) in [5.41, 5.74) is 0. The average Bonchev–Trinajstić information content (AvgIpc) is 2.78. The van der Waals surface area contributed by atoms with Crippen LogP contribution in [-0.2, 0) is 14.8 Å². The molecule has 0 saturated carbocycles. The summed E-state index contributed by atoms with van der Waals surface area (Å²) in [5.74, 6) is 0.485. The van der Waals surface area contributed by atoms with Crippen molar-refractivity contribution >= 4 is 15.9 Å². The van der Waals surface area contributed by atoms with Crippen LogP contribution in [0.5, 0.6) is 11.5 Å². The van der Waals surface area contributed by atoms with Crippen molar-refractivity contribution in [3.8, 4) is 11.5 Å². The summed E-state index contributed by atoms with van der Waals surface area (Å²) in [6, 6.07) is 4.73. The zero-order valence-corrected chi connectivity index (χ0v) is 18.3. The summed E-state index contributed by atoms with van der Waals surface area (Å²) < 4.78 is 38.5. The van der Waals surface area contributed by atoms with Gasteiger partial charge in [-0.2, -0.15) is 4.31 Å². The number of rotatable bonds is 6. The van der Waals surface area contributed by atoms with Crippen LogP contribution >= 0.6 is 0 Å². The summed E-state index contributed by atoms with van der Waals surface area (Å²) in [5, 5.41) is 0. The molecule has 3 rings (SSSR count). The van der Waals surface area contributed by atoms with E-state index in [1.54, 1.807) is 12.1 Å². The van der Waals surface area contributed by atoms with Gasteiger partial charge in [0.1, 0.15) is 16.4 Å². The molecule has 0 N–H and O–H groups in total. The van der Waals surface area contributed by atoms with Crippen molar-refractivity contribution < 1.29 is 22.7 Å². The van der Waals surface area contributed by atoms with Crippen molar-refractivity contribution in [1.29, 1.82) is 0 Å². The highest BCUT2D eigenvalue weighted by atomic mass is 32.2. The lowest BCUT2D eigenvalue weighted by molar-refractivity contribution is -0.138. The van der Waals surface area contributed by atoms with Crippen molar-refractivity contribution in [2.24, 2.45) is 5.92 Å². The van der Waals surface area contributed by atoms with Crippen molar-refractivity contribution in [2.75, 3.05) is 60.0 Å². The number of benzene rings is 1. The second kappa shape index (κ2) is 9.32. The molecule has 2 aliphatic rings. The zero-order chi connectivity index (χ0) is 21.0. The van der Waals surface area contributed by atoms with Gasteiger partial charge in [0.2, 0.25) is 15.9 Å². The molecular weight excluding hydrogens is 394 g/mol. The molecule has 0 aliphatic carbocycles. The normalized spacial score (nSPS) is 21.8. The Labute approximate surface area is 173 Å². The fourth-order valence-corrected chi connectivity index (χ4v) is 5.72. The SMILES string of the molecule is CCN1CCN(C(=O)[C@H]2CCCN(S(=O)(=O)c3cc(OC)ccc3OC)C2)CC1. The summed E-state index contributed by atoms with van der Waals surface area (Å²) in [4.78, 5) is 17.3. The lowest BCUT2D eigenvalue weighted by Crippen LogP contribution is -2.52. The molecule has 1 aromatic carbocycles. The van der Waals surface area contributed by atoms with Gasteiger partial charge in [-0.15, -0.1) is 0 Å². The topological polar surface area (TPSA) is 79.4 Å². The molecule has 0 bridgehead atoms. The van der Waals surface area contributed by atoms with Crippen LogP contribution in [0.2, 0.25) is 0 Å². The second-order valence-electron chi connectivity index (χ2n) is 7.48. The van der Waals surface area contributed by atoms with Gasteiger partial charge in [0.15, 0.2) is 0 Å². The molecule has 0 radical (unpaired) electrons. The smallest absolute Gasteiger partial charge is 0.246 e. The first-order valence-corrected chi connectivity index (χ1v) is 11.6. The van der Waals surface area contributed by atoms with E-state index < -0.39 is 10.0 Å². The van der Waals surface area contributed by atoms with E-state index in [9.17, 15) is 13.2 Å². The first-order chi connectivity index (χ1) is 13.9. The number of hydrogen-bond donors (Lipinski definition) is 0. The number of nitrogens with zero attached hydrogens (tertiary/aromatic N) is 3. The van der Waals surface area contributed by atoms with E-state index in [1.807, 2.05) is 4.90 Å². The molecule has 29 heavy (non-hydrogen) atoms. The third-order valence-corrected chi connectivity index (χ3v) is 7.74. The number of likely N-dealkylation sites (N-methyl/N-ethyl adjacent to an activating group) is 1. The van der Waals surface area contributed by atoms with Gasteiger partial charge in [-0.05, 0) is 31.5 Å². The van der Waals surface area contributed by atoms with E-state index in [-0.39, 0.29) is 29.0 Å². The van der Waals surface area contributed by atoms with Crippen LogP contribution in [0.3, 0.4) is 0 Å². The molecule has 0 aromatic heterocycles. The minimum atomic E-state index is -3.80. The van der Waals surface area contributed by atoms with Crippen LogP contribution in [0.25, 0.3) is 0 Å². The lowest BCUT2D eigenvalue weighted by atomic mass is 9.98. The summed E-state index contributed by atoms with van der Waals surface area (Å²) >= 11 is 0. The molecule has 1 amide bonds. The van der Waals surface area contributed by atoms with Crippen LogP contribution in [0.15, 0.2) is 23.1 Å². The Morgan fingerprint density at radius 2 is 1.83 bits per heavy atom. The molecule has 162 valence electrons. The van der Waals surface area contributed by atoms with E-state index in [0.717, 1.165) is 19.6 Å². The predicted molar refractivity (Wildman–Crippen MR) is 110 cm³/mol. The Hall–Kier alpha value is -1.84. The Morgan fingerprint density at radius 1 is 1.10 bits per heavy atom. The number of piperidine rings is 1. The van der Waals surface area contributed by atoms with Gasteiger partial charge in [0.25, 0.3) is 0 Å². The fourth-order valence-electron chi connectivity index (χ4n) is 4.03. The van der Waals surface area contributed by atoms with Gasteiger partial charge in [-0.1, -0.05) is 6.92 Å². The minimum Gasteiger partial charge on any atom is -0.497 e. The number of piperazine rings is 1. The fraction of sp³-hybridized carbons (Fsp3) is 0.650. The van der Waals surface area contributed by atoms with E-state index in [1.165, 1.54) is 24.6 Å². The summed E-state index contributed by atoms with van der Waals surface area (Å²) in [6.45, 7) is 6.87. The molecule has 1 aromatic rings. The third kappa shape index (κ3) is 4.67. The Morgan fingerprint density at radius 3 is 2.45 bits per heavy atom. The molecule has 0 unspecified atom stereocenters. The van der Waals surface area contributed by atoms with Crippen LogP contribution in [0.4, 0.5) is 0 Å². The van der Waals surface area contributed by atoms with Crippen LogP contribution in [0, 0.1) is 5.92 Å². The van der Waals surface area contributed by atoms with Gasteiger partial charge in [-0.25, -0.2) is 8.42 Å². The average molecular weight is 426 g/mol. The Balaban J connectivity index is 1.75. The van der Waals surface area contributed by atoms with Crippen LogP contribution < -0.4 is 9.47 Å². The number of carbonyl (C=O) groups is 1. The maximum absolute atomic E-state index is 13.3. The number of hydrogen-bond acceptors (Lipinski definition) is 6. The van der Waals surface area contributed by atoms with Crippen LogP contribution in [0.1, 0.15) is 19.8 Å².